The highest BCUT2D eigenvalue weighted by Crippen LogP contribution is 2.35. The smallest absolute Gasteiger partial charge is 0.339 e. The Balaban J connectivity index is 2.13. The highest BCUT2D eigenvalue weighted by molar-refractivity contribution is 5.93. The molecule has 1 aromatic carbocycles. The van der Waals surface area contributed by atoms with Crippen molar-refractivity contribution >= 4 is 11.7 Å². The zero-order valence-electron chi connectivity index (χ0n) is 10.6. The molecule has 0 bridgehead atoms. The molecule has 1 aliphatic heterocycles. The standard InChI is InChI=1S/C14H16N2O3/c15-7-2-1-3-8-16-9-10-19-13-11(14(17)18)5-4-6-12(13)16/h4-6H,1-3,8-10H2,(H,17,18). The van der Waals surface area contributed by atoms with E-state index in [0.717, 1.165) is 31.6 Å². The molecular weight excluding hydrogens is 244 g/mol. The molecule has 0 unspecified atom stereocenters. The molecule has 100 valence electrons. The van der Waals surface area contributed by atoms with Crippen molar-refractivity contribution in [3.8, 4) is 11.8 Å². The topological polar surface area (TPSA) is 73.6 Å². The fraction of sp³-hybridized carbons (Fsp3) is 0.429. The maximum atomic E-state index is 11.1. The number of nitrogens with zero attached hydrogens (tertiary/aromatic N) is 2. The van der Waals surface area contributed by atoms with Crippen LogP contribution in [-0.2, 0) is 0 Å². The highest BCUT2D eigenvalue weighted by atomic mass is 16.5. The van der Waals surface area contributed by atoms with Crippen molar-refractivity contribution in [2.45, 2.75) is 19.3 Å². The number of fused-ring (bicyclic) bond motifs is 1. The third kappa shape index (κ3) is 2.97. The molecule has 1 aromatic rings. The van der Waals surface area contributed by atoms with Crippen LogP contribution in [0.5, 0.6) is 5.75 Å². The van der Waals surface area contributed by atoms with Crippen LogP contribution < -0.4 is 9.64 Å². The summed E-state index contributed by atoms with van der Waals surface area (Å²) in [5.74, 6) is -0.510. The molecule has 0 saturated carbocycles. The largest absolute Gasteiger partial charge is 0.489 e. The quantitative estimate of drug-likeness (QED) is 0.822. The van der Waals surface area contributed by atoms with Gasteiger partial charge in [0.25, 0.3) is 0 Å². The molecule has 0 amide bonds. The van der Waals surface area contributed by atoms with Crippen molar-refractivity contribution in [2.75, 3.05) is 24.6 Å². The normalized spacial score (nSPS) is 13.3. The van der Waals surface area contributed by atoms with Crippen molar-refractivity contribution < 1.29 is 14.6 Å². The second-order valence-electron chi connectivity index (χ2n) is 4.41. The number of para-hydroxylation sites is 1. The second-order valence-corrected chi connectivity index (χ2v) is 4.41. The molecule has 0 aromatic heterocycles. The Morgan fingerprint density at radius 2 is 2.32 bits per heavy atom. The Bertz CT molecular complexity index is 508. The van der Waals surface area contributed by atoms with Crippen LogP contribution in [0, 0.1) is 11.3 Å². The van der Waals surface area contributed by atoms with Crippen LogP contribution in [0.4, 0.5) is 5.69 Å². The van der Waals surface area contributed by atoms with E-state index in [1.807, 2.05) is 6.07 Å². The molecule has 5 nitrogen and oxygen atoms in total. The van der Waals surface area contributed by atoms with Gasteiger partial charge in [-0.1, -0.05) is 6.07 Å². The molecule has 0 radical (unpaired) electrons. The fourth-order valence-corrected chi connectivity index (χ4v) is 2.21. The molecule has 2 rings (SSSR count). The predicted octanol–water partition coefficient (Wildman–Crippen LogP) is 2.28. The van der Waals surface area contributed by atoms with Gasteiger partial charge in [0.05, 0.1) is 18.3 Å². The van der Waals surface area contributed by atoms with Gasteiger partial charge in [0.2, 0.25) is 0 Å². The van der Waals surface area contributed by atoms with Crippen LogP contribution in [0.25, 0.3) is 0 Å². The third-order valence-electron chi connectivity index (χ3n) is 3.14. The molecular formula is C14H16N2O3. The summed E-state index contributed by atoms with van der Waals surface area (Å²) in [6.07, 6.45) is 2.35. The third-order valence-corrected chi connectivity index (χ3v) is 3.14. The van der Waals surface area contributed by atoms with Gasteiger partial charge in [0, 0.05) is 13.0 Å². The van der Waals surface area contributed by atoms with E-state index in [2.05, 4.69) is 11.0 Å². The number of hydrogen-bond donors (Lipinski definition) is 1. The lowest BCUT2D eigenvalue weighted by Crippen LogP contribution is -2.34. The van der Waals surface area contributed by atoms with Gasteiger partial charge in [-0.2, -0.15) is 5.26 Å². The average molecular weight is 260 g/mol. The summed E-state index contributed by atoms with van der Waals surface area (Å²) in [6, 6.07) is 7.30. The summed E-state index contributed by atoms with van der Waals surface area (Å²) in [5.41, 5.74) is 1.04. The van der Waals surface area contributed by atoms with Gasteiger partial charge in [-0.05, 0) is 25.0 Å². The number of ether oxygens (including phenoxy) is 1. The Labute approximate surface area is 112 Å². The zero-order chi connectivity index (χ0) is 13.7. The fourth-order valence-electron chi connectivity index (χ4n) is 2.21. The van der Waals surface area contributed by atoms with E-state index < -0.39 is 5.97 Å². The van der Waals surface area contributed by atoms with Crippen molar-refractivity contribution in [1.82, 2.24) is 0 Å². The lowest BCUT2D eigenvalue weighted by atomic mass is 10.1. The van der Waals surface area contributed by atoms with E-state index in [9.17, 15) is 4.79 Å². The van der Waals surface area contributed by atoms with Gasteiger partial charge in [0.15, 0.2) is 5.75 Å². The maximum Gasteiger partial charge on any atom is 0.339 e. The number of nitriles is 1. The van der Waals surface area contributed by atoms with Gasteiger partial charge in [-0.25, -0.2) is 4.79 Å². The van der Waals surface area contributed by atoms with E-state index in [4.69, 9.17) is 15.1 Å². The van der Waals surface area contributed by atoms with E-state index in [1.165, 1.54) is 0 Å². The number of aromatic carboxylic acids is 1. The summed E-state index contributed by atoms with van der Waals surface area (Å²) in [7, 11) is 0. The first-order valence-corrected chi connectivity index (χ1v) is 6.35. The van der Waals surface area contributed by atoms with Gasteiger partial charge >= 0.3 is 5.97 Å². The lowest BCUT2D eigenvalue weighted by molar-refractivity contribution is 0.0692. The lowest BCUT2D eigenvalue weighted by Gasteiger charge is -2.31. The van der Waals surface area contributed by atoms with Crippen LogP contribution in [0.1, 0.15) is 29.6 Å². The minimum atomic E-state index is -0.969. The first kappa shape index (κ1) is 13.2. The van der Waals surface area contributed by atoms with Gasteiger partial charge in [-0.15, -0.1) is 0 Å². The number of carbonyl (C=O) groups is 1. The second kappa shape index (κ2) is 6.10. The van der Waals surface area contributed by atoms with E-state index in [-0.39, 0.29) is 5.56 Å². The van der Waals surface area contributed by atoms with E-state index >= 15 is 0 Å². The molecule has 0 saturated heterocycles. The first-order chi connectivity index (χ1) is 9.24. The number of carboxylic acids is 1. The molecule has 0 atom stereocenters. The minimum Gasteiger partial charge on any atom is -0.489 e. The summed E-state index contributed by atoms with van der Waals surface area (Å²) in [6.45, 7) is 2.07. The van der Waals surface area contributed by atoms with Crippen LogP contribution in [0.15, 0.2) is 18.2 Å². The number of unbranched alkanes of at least 4 members (excludes halogenated alkanes) is 2. The highest BCUT2D eigenvalue weighted by Gasteiger charge is 2.23. The van der Waals surface area contributed by atoms with Crippen molar-refractivity contribution in [3.63, 3.8) is 0 Å². The van der Waals surface area contributed by atoms with Crippen molar-refractivity contribution in [1.29, 1.82) is 5.26 Å². The number of hydrogen-bond acceptors (Lipinski definition) is 4. The van der Waals surface area contributed by atoms with E-state index in [0.29, 0.717) is 18.8 Å². The number of carboxylic acid groups (broad SMARTS) is 1. The Hall–Kier alpha value is -2.22. The Kier molecular flexibility index (Phi) is 4.24. The summed E-state index contributed by atoms with van der Waals surface area (Å²) >= 11 is 0. The first-order valence-electron chi connectivity index (χ1n) is 6.35. The van der Waals surface area contributed by atoms with Gasteiger partial charge in [-0.3, -0.25) is 0 Å². The minimum absolute atomic E-state index is 0.208. The van der Waals surface area contributed by atoms with Gasteiger partial charge < -0.3 is 14.7 Å². The Morgan fingerprint density at radius 1 is 1.47 bits per heavy atom. The van der Waals surface area contributed by atoms with Crippen LogP contribution in [-0.4, -0.2) is 30.8 Å². The van der Waals surface area contributed by atoms with Crippen LogP contribution in [0.3, 0.4) is 0 Å². The SMILES string of the molecule is N#CCCCCN1CCOc2c(C(=O)O)cccc21. The summed E-state index contributed by atoms with van der Waals surface area (Å²) < 4.78 is 5.50. The number of benzene rings is 1. The van der Waals surface area contributed by atoms with Crippen LogP contribution >= 0.6 is 0 Å². The van der Waals surface area contributed by atoms with Crippen molar-refractivity contribution in [2.24, 2.45) is 0 Å². The maximum absolute atomic E-state index is 11.1. The monoisotopic (exact) mass is 260 g/mol. The molecule has 0 fully saturated rings. The average Bonchev–Trinajstić information content (AvgIpc) is 2.43. The zero-order valence-corrected chi connectivity index (χ0v) is 10.6. The van der Waals surface area contributed by atoms with E-state index in [1.54, 1.807) is 12.1 Å². The molecule has 19 heavy (non-hydrogen) atoms. The predicted molar refractivity (Wildman–Crippen MR) is 70.6 cm³/mol. The molecule has 0 spiro atoms. The van der Waals surface area contributed by atoms with Crippen molar-refractivity contribution in [3.05, 3.63) is 23.8 Å². The molecule has 1 aliphatic rings. The summed E-state index contributed by atoms with van der Waals surface area (Å²) in [4.78, 5) is 13.3. The summed E-state index contributed by atoms with van der Waals surface area (Å²) in [5, 5.41) is 17.6. The molecule has 0 aliphatic carbocycles. The molecule has 1 heterocycles. The molecule has 5 heteroatoms. The van der Waals surface area contributed by atoms with Crippen LogP contribution in [0.2, 0.25) is 0 Å². The van der Waals surface area contributed by atoms with Gasteiger partial charge in [0.1, 0.15) is 12.2 Å². The number of rotatable bonds is 5. The number of anilines is 1. The molecule has 1 N–H and O–H groups in total. The Morgan fingerprint density at radius 3 is 3.05 bits per heavy atom.